The van der Waals surface area contributed by atoms with Crippen molar-refractivity contribution in [2.75, 3.05) is 37.6 Å². The third-order valence-electron chi connectivity index (χ3n) is 3.91. The van der Waals surface area contributed by atoms with Crippen LogP contribution < -0.4 is 16.8 Å². The standard InChI is InChI=1S/C15H24N4O/c1-11-4-7-19(8-5-11)9-6-18-15(20)13-3-2-12(16)10-14(13)17/h2-3,10-11H,4-9,16-17H2,1H3,(H,18,20). The molecular weight excluding hydrogens is 252 g/mol. The zero-order chi connectivity index (χ0) is 14.5. The van der Waals surface area contributed by atoms with Gasteiger partial charge in [-0.3, -0.25) is 4.79 Å². The van der Waals surface area contributed by atoms with Crippen molar-refractivity contribution in [3.8, 4) is 0 Å². The average molecular weight is 276 g/mol. The summed E-state index contributed by atoms with van der Waals surface area (Å²) in [6.07, 6.45) is 2.50. The van der Waals surface area contributed by atoms with Gasteiger partial charge in [0.2, 0.25) is 0 Å². The monoisotopic (exact) mass is 276 g/mol. The van der Waals surface area contributed by atoms with E-state index < -0.39 is 0 Å². The molecule has 0 spiro atoms. The van der Waals surface area contributed by atoms with Gasteiger partial charge in [-0.1, -0.05) is 6.92 Å². The van der Waals surface area contributed by atoms with Crippen molar-refractivity contribution >= 4 is 17.3 Å². The van der Waals surface area contributed by atoms with Crippen LogP contribution in [0, 0.1) is 5.92 Å². The minimum absolute atomic E-state index is 0.132. The number of nitrogens with one attached hydrogen (secondary N) is 1. The van der Waals surface area contributed by atoms with Crippen LogP contribution in [-0.4, -0.2) is 37.0 Å². The first-order valence-electron chi connectivity index (χ1n) is 7.22. The second kappa shape index (κ2) is 6.61. The van der Waals surface area contributed by atoms with Gasteiger partial charge < -0.3 is 21.7 Å². The summed E-state index contributed by atoms with van der Waals surface area (Å²) in [7, 11) is 0. The number of nitrogens with two attached hydrogens (primary N) is 2. The van der Waals surface area contributed by atoms with Crippen LogP contribution >= 0.6 is 0 Å². The number of benzene rings is 1. The van der Waals surface area contributed by atoms with Gasteiger partial charge in [-0.05, 0) is 50.0 Å². The molecule has 0 unspecified atom stereocenters. The van der Waals surface area contributed by atoms with Crippen LogP contribution in [0.2, 0.25) is 0 Å². The molecule has 1 saturated heterocycles. The molecular formula is C15H24N4O. The van der Waals surface area contributed by atoms with Gasteiger partial charge in [0.25, 0.3) is 5.91 Å². The molecule has 2 rings (SSSR count). The topological polar surface area (TPSA) is 84.4 Å². The Morgan fingerprint density at radius 3 is 2.70 bits per heavy atom. The lowest BCUT2D eigenvalue weighted by Gasteiger charge is -2.30. The van der Waals surface area contributed by atoms with E-state index in [0.29, 0.717) is 23.5 Å². The summed E-state index contributed by atoms with van der Waals surface area (Å²) in [6.45, 7) is 6.09. The first-order chi connectivity index (χ1) is 9.56. The van der Waals surface area contributed by atoms with Gasteiger partial charge in [0.15, 0.2) is 0 Å². The van der Waals surface area contributed by atoms with Crippen LogP contribution in [0.4, 0.5) is 11.4 Å². The molecule has 1 aliphatic heterocycles. The molecule has 1 amide bonds. The fraction of sp³-hybridized carbons (Fsp3) is 0.533. The number of hydrogen-bond acceptors (Lipinski definition) is 4. The van der Waals surface area contributed by atoms with Crippen LogP contribution in [-0.2, 0) is 0 Å². The van der Waals surface area contributed by atoms with E-state index >= 15 is 0 Å². The Kier molecular flexibility index (Phi) is 4.84. The van der Waals surface area contributed by atoms with Crippen molar-refractivity contribution < 1.29 is 4.79 Å². The van der Waals surface area contributed by atoms with Gasteiger partial charge in [0.05, 0.1) is 5.56 Å². The molecule has 0 radical (unpaired) electrons. The second-order valence-corrected chi connectivity index (χ2v) is 5.63. The predicted octanol–water partition coefficient (Wildman–Crippen LogP) is 1.31. The number of piperidine rings is 1. The Morgan fingerprint density at radius 2 is 2.05 bits per heavy atom. The molecule has 20 heavy (non-hydrogen) atoms. The Morgan fingerprint density at radius 1 is 1.35 bits per heavy atom. The number of likely N-dealkylation sites (tertiary alicyclic amines) is 1. The third kappa shape index (κ3) is 3.87. The predicted molar refractivity (Wildman–Crippen MR) is 82.4 cm³/mol. The van der Waals surface area contributed by atoms with Gasteiger partial charge in [-0.15, -0.1) is 0 Å². The van der Waals surface area contributed by atoms with Gasteiger partial charge in [-0.25, -0.2) is 0 Å². The highest BCUT2D eigenvalue weighted by molar-refractivity contribution is 5.99. The zero-order valence-corrected chi connectivity index (χ0v) is 12.1. The van der Waals surface area contributed by atoms with Crippen LogP contribution in [0.15, 0.2) is 18.2 Å². The highest BCUT2D eigenvalue weighted by Gasteiger charge is 2.15. The molecule has 0 atom stereocenters. The van der Waals surface area contributed by atoms with Crippen molar-refractivity contribution in [2.24, 2.45) is 5.92 Å². The Labute approximate surface area is 120 Å². The Hall–Kier alpha value is -1.75. The molecule has 0 aliphatic carbocycles. The van der Waals surface area contributed by atoms with Crippen LogP contribution in [0.5, 0.6) is 0 Å². The maximum atomic E-state index is 12.0. The number of nitrogen functional groups attached to an aromatic ring is 2. The van der Waals surface area contributed by atoms with Crippen molar-refractivity contribution in [3.63, 3.8) is 0 Å². The maximum Gasteiger partial charge on any atom is 0.253 e. The molecule has 1 aliphatic rings. The van der Waals surface area contributed by atoms with Gasteiger partial charge >= 0.3 is 0 Å². The first-order valence-corrected chi connectivity index (χ1v) is 7.22. The second-order valence-electron chi connectivity index (χ2n) is 5.63. The molecule has 1 aromatic carbocycles. The van der Waals surface area contributed by atoms with Crippen molar-refractivity contribution in [3.05, 3.63) is 23.8 Å². The van der Waals surface area contributed by atoms with Crippen LogP contribution in [0.1, 0.15) is 30.1 Å². The lowest BCUT2D eigenvalue weighted by Crippen LogP contribution is -2.39. The summed E-state index contributed by atoms with van der Waals surface area (Å²) in [6, 6.07) is 4.97. The quantitative estimate of drug-likeness (QED) is 0.724. The van der Waals surface area contributed by atoms with E-state index in [1.807, 2.05) is 0 Å². The lowest BCUT2D eigenvalue weighted by atomic mass is 9.99. The fourth-order valence-electron chi connectivity index (χ4n) is 2.50. The molecule has 0 bridgehead atoms. The van der Waals surface area contributed by atoms with E-state index in [1.165, 1.54) is 12.8 Å². The molecule has 5 heteroatoms. The summed E-state index contributed by atoms with van der Waals surface area (Å²) < 4.78 is 0. The van der Waals surface area contributed by atoms with Crippen molar-refractivity contribution in [1.82, 2.24) is 10.2 Å². The number of rotatable bonds is 4. The van der Waals surface area contributed by atoms with Crippen molar-refractivity contribution in [1.29, 1.82) is 0 Å². The molecule has 110 valence electrons. The molecule has 0 aromatic heterocycles. The van der Waals surface area contributed by atoms with E-state index in [0.717, 1.165) is 25.6 Å². The Bertz CT molecular complexity index is 467. The number of anilines is 2. The minimum atomic E-state index is -0.132. The molecule has 1 fully saturated rings. The number of hydrogen-bond donors (Lipinski definition) is 3. The van der Waals surface area contributed by atoms with Crippen molar-refractivity contribution in [2.45, 2.75) is 19.8 Å². The first kappa shape index (κ1) is 14.7. The minimum Gasteiger partial charge on any atom is -0.399 e. The Balaban J connectivity index is 1.77. The highest BCUT2D eigenvalue weighted by atomic mass is 16.1. The smallest absolute Gasteiger partial charge is 0.253 e. The summed E-state index contributed by atoms with van der Waals surface area (Å²) in [4.78, 5) is 14.4. The SMILES string of the molecule is CC1CCN(CCNC(=O)c2ccc(N)cc2N)CC1. The molecule has 0 saturated carbocycles. The summed E-state index contributed by atoms with van der Waals surface area (Å²) in [5.41, 5.74) is 12.9. The number of carbonyl (C=O) groups is 1. The summed E-state index contributed by atoms with van der Waals surface area (Å²) in [5, 5.41) is 2.92. The maximum absolute atomic E-state index is 12.0. The lowest BCUT2D eigenvalue weighted by molar-refractivity contribution is 0.0945. The highest BCUT2D eigenvalue weighted by Crippen LogP contribution is 2.16. The van der Waals surface area contributed by atoms with E-state index in [9.17, 15) is 4.79 Å². The molecule has 1 aromatic rings. The molecule has 1 heterocycles. The number of carbonyl (C=O) groups excluding carboxylic acids is 1. The van der Waals surface area contributed by atoms with E-state index in [1.54, 1.807) is 18.2 Å². The summed E-state index contributed by atoms with van der Waals surface area (Å²) >= 11 is 0. The van der Waals surface area contributed by atoms with Gasteiger partial charge in [0.1, 0.15) is 0 Å². The van der Waals surface area contributed by atoms with Gasteiger partial charge in [-0.2, -0.15) is 0 Å². The van der Waals surface area contributed by atoms with Crippen LogP contribution in [0.3, 0.4) is 0 Å². The van der Waals surface area contributed by atoms with E-state index in [2.05, 4.69) is 17.1 Å². The number of amides is 1. The van der Waals surface area contributed by atoms with E-state index in [4.69, 9.17) is 11.5 Å². The largest absolute Gasteiger partial charge is 0.399 e. The third-order valence-corrected chi connectivity index (χ3v) is 3.91. The van der Waals surface area contributed by atoms with Gasteiger partial charge in [0, 0.05) is 24.5 Å². The average Bonchev–Trinajstić information content (AvgIpc) is 2.41. The van der Waals surface area contributed by atoms with Crippen LogP contribution in [0.25, 0.3) is 0 Å². The van der Waals surface area contributed by atoms with E-state index in [-0.39, 0.29) is 5.91 Å². The fourth-order valence-corrected chi connectivity index (χ4v) is 2.50. The molecule has 5 nitrogen and oxygen atoms in total. The molecule has 5 N–H and O–H groups in total. The zero-order valence-electron chi connectivity index (χ0n) is 12.1. The number of nitrogens with zero attached hydrogens (tertiary/aromatic N) is 1. The normalized spacial score (nSPS) is 17.1. The summed E-state index contributed by atoms with van der Waals surface area (Å²) in [5.74, 6) is 0.697.